The van der Waals surface area contributed by atoms with E-state index in [1.807, 2.05) is 18.2 Å². The van der Waals surface area contributed by atoms with Gasteiger partial charge in [0.05, 0.1) is 21.3 Å². The molecule has 0 radical (unpaired) electrons. The molecule has 0 unspecified atom stereocenters. The highest BCUT2D eigenvalue weighted by Crippen LogP contribution is 2.38. The monoisotopic (exact) mass is 400 g/mol. The van der Waals surface area contributed by atoms with E-state index in [2.05, 4.69) is 50.5 Å². The lowest BCUT2D eigenvalue weighted by molar-refractivity contribution is 0.251. The van der Waals surface area contributed by atoms with E-state index in [4.69, 9.17) is 14.2 Å². The lowest BCUT2D eigenvalue weighted by Crippen LogP contribution is -2.29. The first-order valence-electron chi connectivity index (χ1n) is 9.78. The zero-order valence-electron chi connectivity index (χ0n) is 18.4. The van der Waals surface area contributed by atoms with Crippen LogP contribution < -0.4 is 24.8 Å². The molecule has 158 valence electrons. The number of amides is 2. The maximum atomic E-state index is 12.7. The molecule has 0 aliphatic heterocycles. The number of para-hydroxylation sites is 1. The summed E-state index contributed by atoms with van der Waals surface area (Å²) in [4.78, 5) is 12.7. The lowest BCUT2D eigenvalue weighted by atomic mass is 9.93. The molecule has 0 bridgehead atoms. The van der Waals surface area contributed by atoms with Crippen molar-refractivity contribution in [2.75, 3.05) is 26.6 Å². The molecule has 0 heterocycles. The van der Waals surface area contributed by atoms with Crippen LogP contribution in [-0.4, -0.2) is 27.4 Å². The first kappa shape index (κ1) is 22.4. The summed E-state index contributed by atoms with van der Waals surface area (Å²) in [7, 11) is 4.69. The zero-order chi connectivity index (χ0) is 21.6. The fraction of sp³-hybridized carbons (Fsp3) is 0.435. The Hall–Kier alpha value is -2.89. The number of ether oxygens (including phenoxy) is 3. The molecule has 6 heteroatoms. The van der Waals surface area contributed by atoms with Crippen molar-refractivity contribution in [1.29, 1.82) is 0 Å². The van der Waals surface area contributed by atoms with E-state index < -0.39 is 0 Å². The third-order valence-electron chi connectivity index (χ3n) is 4.79. The Kier molecular flexibility index (Phi) is 7.76. The van der Waals surface area contributed by atoms with Gasteiger partial charge in [-0.15, -0.1) is 0 Å². The van der Waals surface area contributed by atoms with Gasteiger partial charge in [-0.2, -0.15) is 0 Å². The van der Waals surface area contributed by atoms with Gasteiger partial charge < -0.3 is 24.8 Å². The Bertz CT molecular complexity index is 796. The normalized spacial score (nSPS) is 10.8. The summed E-state index contributed by atoms with van der Waals surface area (Å²) in [6.45, 7) is 8.82. The van der Waals surface area contributed by atoms with Crippen molar-refractivity contribution in [2.45, 2.75) is 46.1 Å². The third-order valence-corrected chi connectivity index (χ3v) is 4.79. The van der Waals surface area contributed by atoms with E-state index in [-0.39, 0.29) is 6.03 Å². The highest BCUT2D eigenvalue weighted by Gasteiger charge is 2.17. The molecule has 0 fully saturated rings. The summed E-state index contributed by atoms with van der Waals surface area (Å²) >= 11 is 0. The van der Waals surface area contributed by atoms with E-state index in [1.165, 1.54) is 0 Å². The molecule has 0 spiro atoms. The van der Waals surface area contributed by atoms with E-state index in [0.29, 0.717) is 35.6 Å². The molecule has 0 aliphatic carbocycles. The summed E-state index contributed by atoms with van der Waals surface area (Å²) in [6, 6.07) is 9.56. The van der Waals surface area contributed by atoms with Crippen LogP contribution in [0.4, 0.5) is 10.5 Å². The molecule has 0 atom stereocenters. The maximum absolute atomic E-state index is 12.7. The van der Waals surface area contributed by atoms with Crippen molar-refractivity contribution in [3.05, 3.63) is 47.0 Å². The van der Waals surface area contributed by atoms with Crippen LogP contribution in [0.2, 0.25) is 0 Å². The number of rotatable bonds is 8. The van der Waals surface area contributed by atoms with Gasteiger partial charge in [0.15, 0.2) is 11.5 Å². The summed E-state index contributed by atoms with van der Waals surface area (Å²) in [5, 5.41) is 5.97. The Labute approximate surface area is 173 Å². The standard InChI is InChI=1S/C23H32N2O4/c1-14(2)17-9-8-10-18(15(3)4)21(17)25-23(26)24-13-16-11-19(27-5)22(29-7)20(12-16)28-6/h8-12,14-15H,13H2,1-7H3,(H2,24,25,26). The second kappa shape index (κ2) is 10.0. The number of anilines is 1. The molecule has 0 aromatic heterocycles. The molecule has 2 aromatic carbocycles. The molecular weight excluding hydrogens is 368 g/mol. The first-order valence-corrected chi connectivity index (χ1v) is 9.78. The number of methoxy groups -OCH3 is 3. The highest BCUT2D eigenvalue weighted by molar-refractivity contribution is 5.91. The van der Waals surface area contributed by atoms with Gasteiger partial charge in [0.1, 0.15) is 0 Å². The number of carbonyl (C=O) groups is 1. The fourth-order valence-corrected chi connectivity index (χ4v) is 3.27. The second-order valence-corrected chi connectivity index (χ2v) is 7.46. The van der Waals surface area contributed by atoms with Crippen LogP contribution in [0.25, 0.3) is 0 Å². The summed E-state index contributed by atoms with van der Waals surface area (Å²) < 4.78 is 16.1. The average molecular weight is 401 g/mol. The van der Waals surface area contributed by atoms with Crippen molar-refractivity contribution in [3.8, 4) is 17.2 Å². The highest BCUT2D eigenvalue weighted by atomic mass is 16.5. The van der Waals surface area contributed by atoms with E-state index in [9.17, 15) is 4.79 Å². The van der Waals surface area contributed by atoms with Crippen LogP contribution in [0.3, 0.4) is 0 Å². The molecule has 0 aliphatic rings. The van der Waals surface area contributed by atoms with Crippen molar-refractivity contribution in [3.63, 3.8) is 0 Å². The molecule has 0 saturated heterocycles. The number of hydrogen-bond acceptors (Lipinski definition) is 4. The smallest absolute Gasteiger partial charge is 0.319 e. The van der Waals surface area contributed by atoms with Gasteiger partial charge in [-0.1, -0.05) is 45.9 Å². The summed E-state index contributed by atoms with van der Waals surface area (Å²) in [5.41, 5.74) is 3.98. The summed E-state index contributed by atoms with van der Waals surface area (Å²) in [5.74, 6) is 2.24. The predicted molar refractivity (Wildman–Crippen MR) is 117 cm³/mol. The van der Waals surface area contributed by atoms with Gasteiger partial charge in [0.2, 0.25) is 5.75 Å². The minimum atomic E-state index is -0.256. The SMILES string of the molecule is COc1cc(CNC(=O)Nc2c(C(C)C)cccc2C(C)C)cc(OC)c1OC. The van der Waals surface area contributed by atoms with Gasteiger partial charge >= 0.3 is 6.03 Å². The molecule has 2 N–H and O–H groups in total. The van der Waals surface area contributed by atoms with E-state index in [0.717, 1.165) is 22.4 Å². The lowest BCUT2D eigenvalue weighted by Gasteiger charge is -2.20. The third kappa shape index (κ3) is 5.34. The van der Waals surface area contributed by atoms with Crippen LogP contribution in [0.15, 0.2) is 30.3 Å². The molecule has 2 aromatic rings. The van der Waals surface area contributed by atoms with Gasteiger partial charge in [0.25, 0.3) is 0 Å². The van der Waals surface area contributed by atoms with E-state index in [1.54, 1.807) is 21.3 Å². The van der Waals surface area contributed by atoms with Crippen molar-refractivity contribution in [2.24, 2.45) is 0 Å². The quantitative estimate of drug-likeness (QED) is 0.632. The minimum Gasteiger partial charge on any atom is -0.493 e. The average Bonchev–Trinajstić information content (AvgIpc) is 2.70. The maximum Gasteiger partial charge on any atom is 0.319 e. The van der Waals surface area contributed by atoms with Gasteiger partial charge in [-0.25, -0.2) is 4.79 Å². The topological polar surface area (TPSA) is 68.8 Å². The summed E-state index contributed by atoms with van der Waals surface area (Å²) in [6.07, 6.45) is 0. The molecular formula is C23H32N2O4. The molecule has 2 amide bonds. The second-order valence-electron chi connectivity index (χ2n) is 7.46. The fourth-order valence-electron chi connectivity index (χ4n) is 3.27. The Morgan fingerprint density at radius 2 is 1.41 bits per heavy atom. The van der Waals surface area contributed by atoms with Gasteiger partial charge in [0, 0.05) is 12.2 Å². The number of nitrogens with one attached hydrogen (secondary N) is 2. The Balaban J connectivity index is 2.19. The van der Waals surface area contributed by atoms with Gasteiger partial charge in [-0.05, 0) is 40.7 Å². The zero-order valence-corrected chi connectivity index (χ0v) is 18.4. The number of benzene rings is 2. The number of carbonyl (C=O) groups excluding carboxylic acids is 1. The van der Waals surface area contributed by atoms with Crippen LogP contribution >= 0.6 is 0 Å². The predicted octanol–water partition coefficient (Wildman–Crippen LogP) is 5.28. The number of hydrogen-bond donors (Lipinski definition) is 2. The molecule has 2 rings (SSSR count). The first-order chi connectivity index (χ1) is 13.8. The molecule has 0 saturated carbocycles. The van der Waals surface area contributed by atoms with Crippen LogP contribution in [0.5, 0.6) is 17.2 Å². The Morgan fingerprint density at radius 1 is 0.897 bits per heavy atom. The largest absolute Gasteiger partial charge is 0.493 e. The Morgan fingerprint density at radius 3 is 1.83 bits per heavy atom. The minimum absolute atomic E-state index is 0.256. The van der Waals surface area contributed by atoms with Crippen LogP contribution in [-0.2, 0) is 6.54 Å². The van der Waals surface area contributed by atoms with Crippen molar-refractivity contribution < 1.29 is 19.0 Å². The van der Waals surface area contributed by atoms with E-state index >= 15 is 0 Å². The van der Waals surface area contributed by atoms with Crippen molar-refractivity contribution in [1.82, 2.24) is 5.32 Å². The van der Waals surface area contributed by atoms with Crippen molar-refractivity contribution >= 4 is 11.7 Å². The molecule has 29 heavy (non-hydrogen) atoms. The van der Waals surface area contributed by atoms with Crippen LogP contribution in [0, 0.1) is 0 Å². The molecule has 6 nitrogen and oxygen atoms in total. The van der Waals surface area contributed by atoms with Gasteiger partial charge in [-0.3, -0.25) is 0 Å². The van der Waals surface area contributed by atoms with Crippen LogP contribution in [0.1, 0.15) is 56.2 Å². The number of urea groups is 1.